The quantitative estimate of drug-likeness (QED) is 0.494. The molecule has 184 valence electrons. The summed E-state index contributed by atoms with van der Waals surface area (Å²) in [6, 6.07) is 8.24. The van der Waals surface area contributed by atoms with Gasteiger partial charge < -0.3 is 4.98 Å². The van der Waals surface area contributed by atoms with Crippen molar-refractivity contribution in [2.75, 3.05) is 4.90 Å². The lowest BCUT2D eigenvalue weighted by Crippen LogP contribution is -2.42. The number of aromatic nitrogens is 2. The van der Waals surface area contributed by atoms with Crippen LogP contribution < -0.4 is 9.77 Å². The Hall–Kier alpha value is -2.92. The fraction of sp³-hybridized carbons (Fsp3) is 0.360. The van der Waals surface area contributed by atoms with Gasteiger partial charge in [-0.05, 0) is 54.0 Å². The molecule has 6 unspecified atom stereocenters. The topological polar surface area (TPSA) is 83.1 Å². The van der Waals surface area contributed by atoms with Gasteiger partial charge in [0.05, 0.1) is 28.1 Å². The maximum atomic E-state index is 13.7. The van der Waals surface area contributed by atoms with Crippen molar-refractivity contribution in [2.24, 2.45) is 29.6 Å². The van der Waals surface area contributed by atoms with Crippen LogP contribution in [0.3, 0.4) is 0 Å². The second-order valence-electron chi connectivity index (χ2n) is 9.81. The summed E-state index contributed by atoms with van der Waals surface area (Å²) in [6.45, 7) is 0. The van der Waals surface area contributed by atoms with E-state index in [9.17, 15) is 27.6 Å². The summed E-state index contributed by atoms with van der Waals surface area (Å²) in [5.74, 6) is -2.30. The van der Waals surface area contributed by atoms with Gasteiger partial charge in [0.25, 0.3) is 0 Å². The number of nitrogens with zero attached hydrogens (tertiary/aromatic N) is 2. The van der Waals surface area contributed by atoms with E-state index in [-0.39, 0.29) is 39.5 Å². The Labute approximate surface area is 210 Å². The van der Waals surface area contributed by atoms with E-state index < -0.39 is 35.4 Å². The van der Waals surface area contributed by atoms with Gasteiger partial charge in [-0.1, -0.05) is 23.5 Å². The number of hydrogen-bond acceptors (Lipinski definition) is 6. The van der Waals surface area contributed by atoms with Gasteiger partial charge in [0.2, 0.25) is 11.8 Å². The summed E-state index contributed by atoms with van der Waals surface area (Å²) in [4.78, 5) is 48.5. The van der Waals surface area contributed by atoms with Gasteiger partial charge in [-0.25, -0.2) is 0 Å². The number of imide groups is 1. The van der Waals surface area contributed by atoms with Crippen molar-refractivity contribution in [1.82, 2.24) is 9.97 Å². The minimum Gasteiger partial charge on any atom is -0.307 e. The Kier molecular flexibility index (Phi) is 4.67. The number of thiazole rings is 1. The summed E-state index contributed by atoms with van der Waals surface area (Å²) in [6.07, 6.45) is -0.400. The highest BCUT2D eigenvalue weighted by atomic mass is 32.2. The number of nitrogens with one attached hydrogen (secondary N) is 1. The molecular weight excluding hydrogens is 511 g/mol. The van der Waals surface area contributed by atoms with Crippen LogP contribution in [0, 0.1) is 29.6 Å². The third-order valence-corrected chi connectivity index (χ3v) is 10.8. The molecule has 1 N–H and O–H groups in total. The standard InChI is InChI=1S/C25H18F3N3O3S2/c26-25(27,28)11-4-1-5-12(7-11)31-22(32)17-13-8-14(18(17)23(31)33)19-16(13)15(10-3-2-6-29-9-10)20-21(35-19)30-24(34)36-20/h1-7,9,13-19H,8H2,(H,30,34)/t13?,14?,15-,16?,17?,18?,19?/m1/s1. The molecule has 4 aliphatic rings. The first-order valence-electron chi connectivity index (χ1n) is 11.6. The van der Waals surface area contributed by atoms with Crippen molar-refractivity contribution in [3.8, 4) is 0 Å². The molecule has 1 saturated heterocycles. The number of alkyl halides is 3. The van der Waals surface area contributed by atoms with Gasteiger partial charge in [-0.15, -0.1) is 11.8 Å². The lowest BCUT2D eigenvalue weighted by Gasteiger charge is -2.42. The highest BCUT2D eigenvalue weighted by molar-refractivity contribution is 8.00. The summed E-state index contributed by atoms with van der Waals surface area (Å²) in [5.41, 5.74) is 0.0336. The van der Waals surface area contributed by atoms with E-state index in [0.717, 1.165) is 32.5 Å². The number of rotatable bonds is 2. The molecule has 1 aromatic carbocycles. The van der Waals surface area contributed by atoms with Crippen LogP contribution in [0.1, 0.15) is 28.3 Å². The van der Waals surface area contributed by atoms with Crippen LogP contribution in [0.2, 0.25) is 0 Å². The summed E-state index contributed by atoms with van der Waals surface area (Å²) < 4.78 is 40.0. The highest BCUT2D eigenvalue weighted by Crippen LogP contribution is 2.68. The van der Waals surface area contributed by atoms with Crippen LogP contribution in [0.5, 0.6) is 0 Å². The molecular formula is C25H18F3N3O3S2. The van der Waals surface area contributed by atoms with Crippen LogP contribution in [0.25, 0.3) is 0 Å². The molecule has 3 aromatic rings. The predicted molar refractivity (Wildman–Crippen MR) is 127 cm³/mol. The SMILES string of the molecule is O=C1C2C3CC(C2C(=O)N1c1cccc(C(F)(F)F)c1)C1C3Sc2[nH]c(=O)sc2[C@@H]1c1cccnc1. The molecule has 2 aromatic heterocycles. The number of carbonyl (C=O) groups excluding carboxylic acids is 2. The minimum absolute atomic E-state index is 0.0115. The molecule has 11 heteroatoms. The number of carbonyl (C=O) groups is 2. The van der Waals surface area contributed by atoms with E-state index in [1.165, 1.54) is 23.5 Å². The van der Waals surface area contributed by atoms with Gasteiger partial charge in [0.15, 0.2) is 0 Å². The van der Waals surface area contributed by atoms with Crippen molar-refractivity contribution in [1.29, 1.82) is 0 Å². The summed E-state index contributed by atoms with van der Waals surface area (Å²) >= 11 is 2.74. The number of pyridine rings is 1. The lowest BCUT2D eigenvalue weighted by atomic mass is 9.68. The number of benzene rings is 1. The van der Waals surface area contributed by atoms with Crippen molar-refractivity contribution < 1.29 is 22.8 Å². The number of aromatic amines is 1. The average Bonchev–Trinajstić information content (AvgIpc) is 3.58. The first kappa shape index (κ1) is 22.3. The second-order valence-corrected chi connectivity index (χ2v) is 12.0. The number of anilines is 1. The molecule has 2 bridgehead atoms. The molecule has 0 radical (unpaired) electrons. The first-order valence-corrected chi connectivity index (χ1v) is 13.3. The van der Waals surface area contributed by atoms with Crippen molar-refractivity contribution in [2.45, 2.75) is 28.8 Å². The fourth-order valence-corrected chi connectivity index (χ4v) is 9.91. The molecule has 6 nitrogen and oxygen atoms in total. The van der Waals surface area contributed by atoms with Crippen molar-refractivity contribution in [3.05, 3.63) is 74.5 Å². The molecule has 3 fully saturated rings. The molecule has 2 aliphatic heterocycles. The number of fused-ring (bicyclic) bond motifs is 9. The molecule has 4 heterocycles. The Balaban J connectivity index is 1.30. The molecule has 0 spiro atoms. The largest absolute Gasteiger partial charge is 0.416 e. The molecule has 2 amide bonds. The summed E-state index contributed by atoms with van der Waals surface area (Å²) in [7, 11) is 0. The predicted octanol–water partition coefficient (Wildman–Crippen LogP) is 4.53. The average molecular weight is 530 g/mol. The smallest absolute Gasteiger partial charge is 0.307 e. The van der Waals surface area contributed by atoms with E-state index in [1.54, 1.807) is 24.2 Å². The number of hydrogen-bond donors (Lipinski definition) is 1. The van der Waals surface area contributed by atoms with Crippen LogP contribution in [0.4, 0.5) is 18.9 Å². The first-order chi connectivity index (χ1) is 17.2. The van der Waals surface area contributed by atoms with Crippen LogP contribution in [0.15, 0.2) is 58.6 Å². The normalized spacial score (nSPS) is 32.5. The minimum atomic E-state index is -4.58. The summed E-state index contributed by atoms with van der Waals surface area (Å²) in [5, 5.41) is 0.813. The van der Waals surface area contributed by atoms with Crippen molar-refractivity contribution in [3.63, 3.8) is 0 Å². The Morgan fingerprint density at radius 1 is 1.03 bits per heavy atom. The van der Waals surface area contributed by atoms with E-state index >= 15 is 0 Å². The Morgan fingerprint density at radius 2 is 1.81 bits per heavy atom. The maximum Gasteiger partial charge on any atom is 0.416 e. The Bertz CT molecular complexity index is 1470. The zero-order chi connectivity index (χ0) is 24.9. The fourth-order valence-electron chi connectivity index (χ4n) is 7.03. The van der Waals surface area contributed by atoms with Crippen molar-refractivity contribution >= 4 is 40.6 Å². The van der Waals surface area contributed by atoms with E-state index in [0.29, 0.717) is 6.42 Å². The zero-order valence-corrected chi connectivity index (χ0v) is 20.1. The van der Waals surface area contributed by atoms with Gasteiger partial charge >= 0.3 is 11.0 Å². The molecule has 2 aliphatic carbocycles. The molecule has 7 atom stereocenters. The second kappa shape index (κ2) is 7.55. The lowest BCUT2D eigenvalue weighted by molar-refractivity contribution is -0.137. The zero-order valence-electron chi connectivity index (χ0n) is 18.4. The number of thioether (sulfide) groups is 1. The van der Waals surface area contributed by atoms with Gasteiger partial charge in [0.1, 0.15) is 0 Å². The number of halogens is 3. The highest BCUT2D eigenvalue weighted by Gasteiger charge is 2.69. The van der Waals surface area contributed by atoms with E-state index in [2.05, 4.69) is 9.97 Å². The van der Waals surface area contributed by atoms with E-state index in [1.807, 2.05) is 12.1 Å². The van der Waals surface area contributed by atoms with E-state index in [4.69, 9.17) is 0 Å². The number of H-pyrrole nitrogens is 1. The van der Waals surface area contributed by atoms with Crippen LogP contribution in [-0.4, -0.2) is 27.0 Å². The molecule has 7 rings (SSSR count). The number of amides is 2. The maximum absolute atomic E-state index is 13.7. The van der Waals surface area contributed by atoms with Gasteiger partial charge in [-0.3, -0.25) is 24.3 Å². The molecule has 2 saturated carbocycles. The third kappa shape index (κ3) is 2.98. The molecule has 36 heavy (non-hydrogen) atoms. The monoisotopic (exact) mass is 529 g/mol. The van der Waals surface area contributed by atoms with Gasteiger partial charge in [0, 0.05) is 28.4 Å². The van der Waals surface area contributed by atoms with Crippen LogP contribution >= 0.6 is 23.1 Å². The Morgan fingerprint density at radius 3 is 2.53 bits per heavy atom. The van der Waals surface area contributed by atoms with Gasteiger partial charge in [-0.2, -0.15) is 13.2 Å². The third-order valence-electron chi connectivity index (χ3n) is 8.20. The van der Waals surface area contributed by atoms with Crippen LogP contribution in [-0.2, 0) is 15.8 Å².